The number of rotatable bonds is 6. The molecule has 0 radical (unpaired) electrons. The van der Waals surface area contributed by atoms with E-state index < -0.39 is 0 Å². The molecule has 1 atom stereocenters. The fourth-order valence-electron chi connectivity index (χ4n) is 1.60. The van der Waals surface area contributed by atoms with Gasteiger partial charge in [-0.3, -0.25) is 9.59 Å². The zero-order chi connectivity index (χ0) is 14.3. The molecular formula is C14H21N3O2. The molecule has 0 fully saturated rings. The highest BCUT2D eigenvalue weighted by Crippen LogP contribution is 2.15. The third kappa shape index (κ3) is 6.01. The number of nitrogens with two attached hydrogens (primary N) is 1. The van der Waals surface area contributed by atoms with E-state index in [-0.39, 0.29) is 11.8 Å². The second-order valence-electron chi connectivity index (χ2n) is 4.69. The second-order valence-corrected chi connectivity index (χ2v) is 4.69. The molecule has 19 heavy (non-hydrogen) atoms. The van der Waals surface area contributed by atoms with Crippen molar-refractivity contribution >= 4 is 23.2 Å². The first-order valence-electron chi connectivity index (χ1n) is 6.39. The quantitative estimate of drug-likeness (QED) is 0.733. The Balaban J connectivity index is 2.52. The third-order valence-corrected chi connectivity index (χ3v) is 2.73. The van der Waals surface area contributed by atoms with Gasteiger partial charge in [0.1, 0.15) is 0 Å². The molecule has 0 aromatic heterocycles. The topological polar surface area (TPSA) is 84.2 Å². The molecular weight excluding hydrogens is 242 g/mol. The molecule has 5 nitrogen and oxygen atoms in total. The van der Waals surface area contributed by atoms with Crippen LogP contribution >= 0.6 is 0 Å². The minimum atomic E-state index is -0.139. The highest BCUT2D eigenvalue weighted by molar-refractivity contribution is 5.93. The first-order valence-corrected chi connectivity index (χ1v) is 6.39. The Bertz CT molecular complexity index is 446. The second kappa shape index (κ2) is 7.53. The van der Waals surface area contributed by atoms with E-state index >= 15 is 0 Å². The highest BCUT2D eigenvalue weighted by atomic mass is 16.2. The molecule has 0 saturated heterocycles. The van der Waals surface area contributed by atoms with Gasteiger partial charge in [-0.15, -0.1) is 0 Å². The number of carbonyl (C=O) groups excluding carboxylic acids is 2. The van der Waals surface area contributed by atoms with Crippen molar-refractivity contribution in [3.05, 3.63) is 24.3 Å². The molecule has 4 N–H and O–H groups in total. The van der Waals surface area contributed by atoms with Crippen LogP contribution in [0.2, 0.25) is 0 Å². The van der Waals surface area contributed by atoms with Crippen LogP contribution in [0.3, 0.4) is 0 Å². The van der Waals surface area contributed by atoms with Crippen LogP contribution in [-0.4, -0.2) is 18.4 Å². The largest absolute Gasteiger partial charge is 0.330 e. The molecule has 104 valence electrons. The maximum absolute atomic E-state index is 11.7. The zero-order valence-corrected chi connectivity index (χ0v) is 11.4. The minimum Gasteiger partial charge on any atom is -0.330 e. The zero-order valence-electron chi connectivity index (χ0n) is 11.4. The number of anilines is 2. The molecule has 0 bridgehead atoms. The van der Waals surface area contributed by atoms with Crippen LogP contribution in [0.1, 0.15) is 26.7 Å². The van der Waals surface area contributed by atoms with Crippen molar-refractivity contribution in [2.24, 2.45) is 11.7 Å². The van der Waals surface area contributed by atoms with Gasteiger partial charge in [-0.2, -0.15) is 0 Å². The van der Waals surface area contributed by atoms with Crippen LogP contribution in [0.15, 0.2) is 24.3 Å². The van der Waals surface area contributed by atoms with Gasteiger partial charge in [-0.05, 0) is 37.1 Å². The van der Waals surface area contributed by atoms with Crippen molar-refractivity contribution < 1.29 is 9.59 Å². The molecule has 1 unspecified atom stereocenters. The van der Waals surface area contributed by atoms with E-state index in [2.05, 4.69) is 10.6 Å². The van der Waals surface area contributed by atoms with E-state index in [1.165, 1.54) is 6.92 Å². The lowest BCUT2D eigenvalue weighted by atomic mass is 10.1. The molecule has 0 aliphatic carbocycles. The summed E-state index contributed by atoms with van der Waals surface area (Å²) in [7, 11) is 0. The molecule has 2 amide bonds. The summed E-state index contributed by atoms with van der Waals surface area (Å²) in [6, 6.07) is 7.07. The average Bonchev–Trinajstić information content (AvgIpc) is 2.35. The summed E-state index contributed by atoms with van der Waals surface area (Å²) in [5.41, 5.74) is 6.85. The fraction of sp³-hybridized carbons (Fsp3) is 0.429. The third-order valence-electron chi connectivity index (χ3n) is 2.73. The van der Waals surface area contributed by atoms with Crippen molar-refractivity contribution in [3.8, 4) is 0 Å². The molecule has 0 saturated carbocycles. The maximum Gasteiger partial charge on any atom is 0.224 e. The van der Waals surface area contributed by atoms with Crippen LogP contribution in [0.25, 0.3) is 0 Å². The summed E-state index contributed by atoms with van der Waals surface area (Å²) in [4.78, 5) is 22.7. The molecule has 0 heterocycles. The van der Waals surface area contributed by atoms with Gasteiger partial charge in [-0.1, -0.05) is 13.0 Å². The standard InChI is InChI=1S/C14H21N3O2/c1-10(9-15)6-7-14(19)17-13-5-3-4-12(8-13)16-11(2)18/h3-5,8,10H,6-7,9,15H2,1-2H3,(H,16,18)(H,17,19). The Hall–Kier alpha value is -1.88. The van der Waals surface area contributed by atoms with Gasteiger partial charge >= 0.3 is 0 Å². The lowest BCUT2D eigenvalue weighted by Gasteiger charge is -2.10. The molecule has 1 aromatic carbocycles. The van der Waals surface area contributed by atoms with Crippen LogP contribution < -0.4 is 16.4 Å². The predicted octanol–water partition coefficient (Wildman–Crippen LogP) is 1.96. The number of carbonyl (C=O) groups is 2. The molecule has 0 aliphatic heterocycles. The van der Waals surface area contributed by atoms with Crippen LogP contribution in [0, 0.1) is 5.92 Å². The normalized spacial score (nSPS) is 11.7. The Morgan fingerprint density at radius 3 is 2.47 bits per heavy atom. The maximum atomic E-state index is 11.7. The van der Waals surface area contributed by atoms with E-state index in [9.17, 15) is 9.59 Å². The van der Waals surface area contributed by atoms with E-state index in [1.54, 1.807) is 24.3 Å². The van der Waals surface area contributed by atoms with Crippen molar-refractivity contribution in [1.29, 1.82) is 0 Å². The van der Waals surface area contributed by atoms with E-state index in [0.717, 1.165) is 6.42 Å². The molecule has 1 rings (SSSR count). The van der Waals surface area contributed by atoms with Gasteiger partial charge in [0.2, 0.25) is 11.8 Å². The molecule has 5 heteroatoms. The molecule has 1 aromatic rings. The van der Waals surface area contributed by atoms with E-state index in [4.69, 9.17) is 5.73 Å². The number of amides is 2. The summed E-state index contributed by atoms with van der Waals surface area (Å²) < 4.78 is 0. The van der Waals surface area contributed by atoms with Gasteiger partial charge in [0, 0.05) is 24.7 Å². The number of benzene rings is 1. The summed E-state index contributed by atoms with van der Waals surface area (Å²) in [5, 5.41) is 5.47. The monoisotopic (exact) mass is 263 g/mol. The lowest BCUT2D eigenvalue weighted by molar-refractivity contribution is -0.116. The molecule has 0 spiro atoms. The van der Waals surface area contributed by atoms with Gasteiger partial charge < -0.3 is 16.4 Å². The first-order chi connectivity index (χ1) is 9.01. The summed E-state index contributed by atoms with van der Waals surface area (Å²) >= 11 is 0. The fourth-order valence-corrected chi connectivity index (χ4v) is 1.60. The van der Waals surface area contributed by atoms with Gasteiger partial charge in [0.25, 0.3) is 0 Å². The Morgan fingerprint density at radius 2 is 1.89 bits per heavy atom. The minimum absolute atomic E-state index is 0.0414. The summed E-state index contributed by atoms with van der Waals surface area (Å²) in [6.45, 7) is 4.05. The smallest absolute Gasteiger partial charge is 0.224 e. The van der Waals surface area contributed by atoms with Crippen molar-refractivity contribution in [3.63, 3.8) is 0 Å². The highest BCUT2D eigenvalue weighted by Gasteiger charge is 2.06. The van der Waals surface area contributed by atoms with Gasteiger partial charge in [0.05, 0.1) is 0 Å². The summed E-state index contributed by atoms with van der Waals surface area (Å²) in [6.07, 6.45) is 1.22. The predicted molar refractivity (Wildman–Crippen MR) is 76.8 cm³/mol. The number of hydrogen-bond acceptors (Lipinski definition) is 3. The van der Waals surface area contributed by atoms with Crippen LogP contribution in [0.4, 0.5) is 11.4 Å². The van der Waals surface area contributed by atoms with E-state index in [0.29, 0.717) is 30.3 Å². The Morgan fingerprint density at radius 1 is 1.26 bits per heavy atom. The van der Waals surface area contributed by atoms with Crippen LogP contribution in [-0.2, 0) is 9.59 Å². The van der Waals surface area contributed by atoms with Gasteiger partial charge in [0.15, 0.2) is 0 Å². The lowest BCUT2D eigenvalue weighted by Crippen LogP contribution is -2.16. The van der Waals surface area contributed by atoms with Crippen molar-refractivity contribution in [1.82, 2.24) is 0 Å². The summed E-state index contributed by atoms with van der Waals surface area (Å²) in [5.74, 6) is 0.164. The van der Waals surface area contributed by atoms with Crippen molar-refractivity contribution in [2.75, 3.05) is 17.2 Å². The average molecular weight is 263 g/mol. The van der Waals surface area contributed by atoms with Gasteiger partial charge in [-0.25, -0.2) is 0 Å². The Kier molecular flexibility index (Phi) is 6.02. The Labute approximate surface area is 113 Å². The SMILES string of the molecule is CC(=O)Nc1cccc(NC(=O)CCC(C)CN)c1. The van der Waals surface area contributed by atoms with Crippen molar-refractivity contribution in [2.45, 2.75) is 26.7 Å². The number of hydrogen-bond donors (Lipinski definition) is 3. The first kappa shape index (κ1) is 15.2. The number of nitrogens with one attached hydrogen (secondary N) is 2. The van der Waals surface area contributed by atoms with Crippen LogP contribution in [0.5, 0.6) is 0 Å². The van der Waals surface area contributed by atoms with E-state index in [1.807, 2.05) is 6.92 Å². The molecule has 0 aliphatic rings.